The van der Waals surface area contributed by atoms with Crippen molar-refractivity contribution in [2.75, 3.05) is 33.4 Å². The second kappa shape index (κ2) is 10.4. The summed E-state index contributed by atoms with van der Waals surface area (Å²) in [5, 5.41) is 10.4. The maximum Gasteiger partial charge on any atom is 0.339 e. The van der Waals surface area contributed by atoms with Crippen LogP contribution in [-0.4, -0.2) is 54.0 Å². The molecular formula is C26H31FN2O4. The van der Waals surface area contributed by atoms with Crippen LogP contribution in [0.25, 0.3) is 10.9 Å². The van der Waals surface area contributed by atoms with Crippen molar-refractivity contribution in [3.63, 3.8) is 0 Å². The number of hydrogen-bond acceptors (Lipinski definition) is 4. The zero-order chi connectivity index (χ0) is 23.4. The number of methoxy groups -OCH3 is 1. The van der Waals surface area contributed by atoms with Crippen molar-refractivity contribution in [1.29, 1.82) is 0 Å². The molecule has 2 aromatic carbocycles. The highest BCUT2D eigenvalue weighted by Crippen LogP contribution is 2.35. The number of fused-ring (bicyclic) bond motifs is 1. The standard InChI is InChI=1S/C26H31FN2O4/c1-3-33-13-12-29-17-23(21-15-20(27)5-6-24(21)29)19-8-10-28(11-9-19)16-18-4-7-25(32-2)22(14-18)26(30)31/h4-7,14-15,17,19H,3,8-13,16H2,1-2H3,(H,30,31). The van der Waals surface area contributed by atoms with Gasteiger partial charge in [0.25, 0.3) is 0 Å². The Balaban J connectivity index is 1.46. The van der Waals surface area contributed by atoms with Gasteiger partial charge in [-0.25, -0.2) is 9.18 Å². The number of carboxylic acids is 1. The fourth-order valence-electron chi connectivity index (χ4n) is 4.80. The molecule has 0 radical (unpaired) electrons. The summed E-state index contributed by atoms with van der Waals surface area (Å²) < 4.78 is 26.9. The van der Waals surface area contributed by atoms with Gasteiger partial charge in [-0.05, 0) is 80.2 Å². The Bertz CT molecular complexity index is 1120. The third-order valence-electron chi connectivity index (χ3n) is 6.48. The van der Waals surface area contributed by atoms with Gasteiger partial charge in [0.15, 0.2) is 0 Å². The Kier molecular flexibility index (Phi) is 7.30. The molecule has 176 valence electrons. The summed E-state index contributed by atoms with van der Waals surface area (Å²) in [6.45, 7) is 6.55. The minimum Gasteiger partial charge on any atom is -0.496 e. The van der Waals surface area contributed by atoms with Crippen LogP contribution in [0.3, 0.4) is 0 Å². The number of ether oxygens (including phenoxy) is 2. The van der Waals surface area contributed by atoms with Crippen LogP contribution in [0.4, 0.5) is 4.39 Å². The van der Waals surface area contributed by atoms with Crippen molar-refractivity contribution >= 4 is 16.9 Å². The molecule has 0 spiro atoms. The molecule has 0 atom stereocenters. The van der Waals surface area contributed by atoms with E-state index in [0.29, 0.717) is 31.4 Å². The van der Waals surface area contributed by atoms with E-state index >= 15 is 0 Å². The first-order valence-electron chi connectivity index (χ1n) is 11.5. The minimum atomic E-state index is -0.986. The van der Waals surface area contributed by atoms with E-state index in [-0.39, 0.29) is 11.4 Å². The van der Waals surface area contributed by atoms with E-state index in [0.717, 1.165) is 48.9 Å². The fraction of sp³-hybridized carbons (Fsp3) is 0.423. The number of aromatic carboxylic acids is 1. The maximum absolute atomic E-state index is 14.1. The molecule has 1 saturated heterocycles. The van der Waals surface area contributed by atoms with Crippen LogP contribution in [-0.2, 0) is 17.8 Å². The molecule has 0 aliphatic carbocycles. The van der Waals surface area contributed by atoms with Gasteiger partial charge in [-0.1, -0.05) is 6.07 Å². The summed E-state index contributed by atoms with van der Waals surface area (Å²) in [5.74, 6) is -0.458. The quantitative estimate of drug-likeness (QED) is 0.466. The first-order chi connectivity index (χ1) is 16.0. The Hall–Kier alpha value is -2.90. The Morgan fingerprint density at radius 1 is 1.18 bits per heavy atom. The number of piperidine rings is 1. The van der Waals surface area contributed by atoms with Crippen molar-refractivity contribution < 1.29 is 23.8 Å². The van der Waals surface area contributed by atoms with Gasteiger partial charge in [0.05, 0.1) is 13.7 Å². The topological polar surface area (TPSA) is 63.9 Å². The summed E-state index contributed by atoms with van der Waals surface area (Å²) in [7, 11) is 1.48. The van der Waals surface area contributed by atoms with E-state index in [1.165, 1.54) is 18.7 Å². The van der Waals surface area contributed by atoms with Crippen molar-refractivity contribution in [1.82, 2.24) is 9.47 Å². The molecule has 1 aliphatic heterocycles. The molecule has 1 N–H and O–H groups in total. The van der Waals surface area contributed by atoms with E-state index < -0.39 is 5.97 Å². The number of benzene rings is 2. The van der Waals surface area contributed by atoms with Crippen molar-refractivity contribution in [2.24, 2.45) is 0 Å². The predicted molar refractivity (Wildman–Crippen MR) is 126 cm³/mol. The smallest absolute Gasteiger partial charge is 0.339 e. The van der Waals surface area contributed by atoms with Gasteiger partial charge in [-0.15, -0.1) is 0 Å². The van der Waals surface area contributed by atoms with Crippen LogP contribution in [0.1, 0.15) is 47.2 Å². The van der Waals surface area contributed by atoms with Crippen LogP contribution >= 0.6 is 0 Å². The summed E-state index contributed by atoms with van der Waals surface area (Å²) in [6.07, 6.45) is 4.12. The molecule has 3 aromatic rings. The Morgan fingerprint density at radius 2 is 1.97 bits per heavy atom. The molecule has 6 nitrogen and oxygen atoms in total. The monoisotopic (exact) mass is 454 g/mol. The van der Waals surface area contributed by atoms with Crippen molar-refractivity contribution in [3.05, 3.63) is 65.1 Å². The zero-order valence-corrected chi connectivity index (χ0v) is 19.2. The van der Waals surface area contributed by atoms with Crippen LogP contribution < -0.4 is 4.74 Å². The second-order valence-electron chi connectivity index (χ2n) is 8.53. The highest BCUT2D eigenvalue weighted by Gasteiger charge is 2.24. The third-order valence-corrected chi connectivity index (χ3v) is 6.48. The van der Waals surface area contributed by atoms with E-state index in [1.807, 2.05) is 19.1 Å². The summed E-state index contributed by atoms with van der Waals surface area (Å²) >= 11 is 0. The van der Waals surface area contributed by atoms with E-state index in [2.05, 4.69) is 15.7 Å². The van der Waals surface area contributed by atoms with Crippen LogP contribution in [0.5, 0.6) is 5.75 Å². The first kappa shape index (κ1) is 23.3. The number of hydrogen-bond donors (Lipinski definition) is 1. The lowest BCUT2D eigenvalue weighted by atomic mass is 9.89. The number of halogens is 1. The number of aromatic nitrogens is 1. The number of likely N-dealkylation sites (tertiary alicyclic amines) is 1. The highest BCUT2D eigenvalue weighted by molar-refractivity contribution is 5.91. The molecule has 4 rings (SSSR count). The fourth-order valence-corrected chi connectivity index (χ4v) is 4.80. The normalized spacial score (nSPS) is 15.2. The molecule has 7 heteroatoms. The SMILES string of the molecule is CCOCCn1cc(C2CCN(Cc3ccc(OC)c(C(=O)O)c3)CC2)c2cc(F)ccc21. The lowest BCUT2D eigenvalue weighted by Gasteiger charge is -2.32. The third kappa shape index (κ3) is 5.20. The first-order valence-corrected chi connectivity index (χ1v) is 11.5. The molecule has 2 heterocycles. The van der Waals surface area contributed by atoms with Gasteiger partial charge in [0.2, 0.25) is 0 Å². The Morgan fingerprint density at radius 3 is 2.67 bits per heavy atom. The number of nitrogens with zero attached hydrogens (tertiary/aromatic N) is 2. The number of carboxylic acid groups (broad SMARTS) is 1. The molecule has 1 aliphatic rings. The molecule has 0 saturated carbocycles. The van der Waals surface area contributed by atoms with Crippen molar-refractivity contribution in [3.8, 4) is 5.75 Å². The van der Waals surface area contributed by atoms with E-state index in [1.54, 1.807) is 18.2 Å². The molecule has 0 bridgehead atoms. The molecule has 0 unspecified atom stereocenters. The number of carbonyl (C=O) groups is 1. The van der Waals surface area contributed by atoms with Gasteiger partial charge in [0.1, 0.15) is 17.1 Å². The van der Waals surface area contributed by atoms with Gasteiger partial charge >= 0.3 is 5.97 Å². The zero-order valence-electron chi connectivity index (χ0n) is 19.2. The predicted octanol–water partition coefficient (Wildman–Crippen LogP) is 4.90. The summed E-state index contributed by atoms with van der Waals surface area (Å²) in [5.41, 5.74) is 3.40. The van der Waals surface area contributed by atoms with Gasteiger partial charge in [0, 0.05) is 36.8 Å². The van der Waals surface area contributed by atoms with Crippen LogP contribution in [0.15, 0.2) is 42.6 Å². The van der Waals surface area contributed by atoms with Crippen LogP contribution in [0.2, 0.25) is 0 Å². The van der Waals surface area contributed by atoms with E-state index in [9.17, 15) is 14.3 Å². The molecular weight excluding hydrogens is 423 g/mol. The van der Waals surface area contributed by atoms with E-state index in [4.69, 9.17) is 9.47 Å². The van der Waals surface area contributed by atoms with Crippen molar-refractivity contribution in [2.45, 2.75) is 38.8 Å². The largest absolute Gasteiger partial charge is 0.496 e. The molecule has 1 aromatic heterocycles. The molecule has 1 fully saturated rings. The summed E-state index contributed by atoms with van der Waals surface area (Å²) in [4.78, 5) is 13.9. The summed E-state index contributed by atoms with van der Waals surface area (Å²) in [6, 6.07) is 10.4. The van der Waals surface area contributed by atoms with Gasteiger partial charge in [-0.2, -0.15) is 0 Å². The van der Waals surface area contributed by atoms with Crippen LogP contribution in [0, 0.1) is 5.82 Å². The molecule has 33 heavy (non-hydrogen) atoms. The Labute approximate surface area is 193 Å². The average Bonchev–Trinajstić information content (AvgIpc) is 3.17. The second-order valence-corrected chi connectivity index (χ2v) is 8.53. The van der Waals surface area contributed by atoms with Gasteiger partial charge in [-0.3, -0.25) is 4.90 Å². The lowest BCUT2D eigenvalue weighted by molar-refractivity contribution is 0.0693. The lowest BCUT2D eigenvalue weighted by Crippen LogP contribution is -2.32. The van der Waals surface area contributed by atoms with Gasteiger partial charge < -0.3 is 19.1 Å². The highest BCUT2D eigenvalue weighted by atomic mass is 19.1. The minimum absolute atomic E-state index is 0.187. The average molecular weight is 455 g/mol. The number of rotatable bonds is 9. The maximum atomic E-state index is 14.1. The molecule has 0 amide bonds.